The molecule has 1 aliphatic carbocycles. The van der Waals surface area contributed by atoms with Crippen LogP contribution in [0.2, 0.25) is 0 Å². The summed E-state index contributed by atoms with van der Waals surface area (Å²) in [6.07, 6.45) is 4.10. The normalized spacial score (nSPS) is 19.8. The number of amides is 1. The summed E-state index contributed by atoms with van der Waals surface area (Å²) >= 11 is 1.65. The van der Waals surface area contributed by atoms with E-state index in [9.17, 15) is 9.59 Å². The molecule has 2 aliphatic rings. The van der Waals surface area contributed by atoms with Crippen molar-refractivity contribution in [1.82, 2.24) is 14.7 Å². The molecule has 6 heteroatoms. The second-order valence-corrected chi connectivity index (χ2v) is 8.10. The van der Waals surface area contributed by atoms with Gasteiger partial charge in [0.15, 0.2) is 0 Å². The number of hydrogen-bond donors (Lipinski definition) is 0. The molecule has 2 aromatic heterocycles. The zero-order chi connectivity index (χ0) is 16.8. The molecule has 0 unspecified atom stereocenters. The number of fused-ring (bicyclic) bond motifs is 2. The topological polar surface area (TPSA) is 55.2 Å². The Morgan fingerprint density at radius 2 is 2.12 bits per heavy atom. The highest BCUT2D eigenvalue weighted by Gasteiger charge is 2.26. The molecule has 1 atom stereocenters. The molecule has 1 aliphatic heterocycles. The van der Waals surface area contributed by atoms with Crippen molar-refractivity contribution in [2.75, 3.05) is 6.54 Å². The molecule has 0 fully saturated rings. The Labute approximate surface area is 144 Å². The van der Waals surface area contributed by atoms with Gasteiger partial charge in [0.25, 0.3) is 11.5 Å². The Balaban J connectivity index is 1.57. The number of carbonyl (C=O) groups is 1. The van der Waals surface area contributed by atoms with E-state index in [0.717, 1.165) is 29.0 Å². The van der Waals surface area contributed by atoms with E-state index in [0.29, 0.717) is 25.4 Å². The fourth-order valence-electron chi connectivity index (χ4n) is 3.63. The number of rotatable bonds is 1. The van der Waals surface area contributed by atoms with Crippen LogP contribution < -0.4 is 5.56 Å². The number of aryl methyl sites for hydroxylation is 2. The fraction of sp³-hybridized carbons (Fsp3) is 0.500. The van der Waals surface area contributed by atoms with Gasteiger partial charge in [-0.25, -0.2) is 4.68 Å². The molecule has 0 radical (unpaired) electrons. The van der Waals surface area contributed by atoms with Gasteiger partial charge < -0.3 is 4.90 Å². The lowest BCUT2D eigenvalue weighted by molar-refractivity contribution is 0.0737. The van der Waals surface area contributed by atoms with E-state index in [2.05, 4.69) is 18.1 Å². The van der Waals surface area contributed by atoms with Crippen LogP contribution in [0.5, 0.6) is 0 Å². The smallest absolute Gasteiger partial charge is 0.266 e. The van der Waals surface area contributed by atoms with E-state index in [1.807, 2.05) is 4.90 Å². The molecule has 0 N–H and O–H groups in total. The Morgan fingerprint density at radius 1 is 1.29 bits per heavy atom. The van der Waals surface area contributed by atoms with Crippen LogP contribution in [0, 0.1) is 5.92 Å². The van der Waals surface area contributed by atoms with Gasteiger partial charge in [-0.1, -0.05) is 6.92 Å². The molecule has 0 aromatic carbocycles. The Bertz CT molecular complexity index is 868. The van der Waals surface area contributed by atoms with Crippen LogP contribution in [0.15, 0.2) is 16.9 Å². The number of aromatic nitrogens is 2. The first kappa shape index (κ1) is 15.6. The van der Waals surface area contributed by atoms with Crippen LogP contribution in [0.25, 0.3) is 0 Å². The second kappa shape index (κ2) is 5.84. The van der Waals surface area contributed by atoms with E-state index in [1.54, 1.807) is 24.5 Å². The summed E-state index contributed by atoms with van der Waals surface area (Å²) in [5.74, 6) is 0.799. The highest BCUT2D eigenvalue weighted by Crippen LogP contribution is 2.33. The van der Waals surface area contributed by atoms with Crippen LogP contribution in [0.3, 0.4) is 0 Å². The van der Waals surface area contributed by atoms with Crippen LogP contribution in [-0.2, 0) is 32.9 Å². The molecule has 2 aromatic rings. The van der Waals surface area contributed by atoms with Gasteiger partial charge in [0.2, 0.25) is 0 Å². The molecule has 0 saturated heterocycles. The van der Waals surface area contributed by atoms with E-state index >= 15 is 0 Å². The first-order valence-electron chi connectivity index (χ1n) is 8.48. The maximum absolute atomic E-state index is 12.9. The maximum atomic E-state index is 12.9. The highest BCUT2D eigenvalue weighted by atomic mass is 32.1. The van der Waals surface area contributed by atoms with Crippen molar-refractivity contribution in [3.63, 3.8) is 0 Å². The molecule has 126 valence electrons. The van der Waals surface area contributed by atoms with Crippen molar-refractivity contribution in [3.05, 3.63) is 49.1 Å². The third-order valence-corrected chi connectivity index (χ3v) is 6.29. The van der Waals surface area contributed by atoms with Gasteiger partial charge in [0, 0.05) is 43.1 Å². The SMILES string of the molecule is C[C@@H]1CCc2sc(C(=O)N3CCc4nn(C)c(=O)cc4C3)cc2C1. The lowest BCUT2D eigenvalue weighted by Crippen LogP contribution is -2.38. The highest BCUT2D eigenvalue weighted by molar-refractivity contribution is 7.14. The van der Waals surface area contributed by atoms with E-state index in [1.165, 1.54) is 21.5 Å². The lowest BCUT2D eigenvalue weighted by Gasteiger charge is -2.27. The average Bonchev–Trinajstić information content (AvgIpc) is 2.98. The van der Waals surface area contributed by atoms with E-state index in [-0.39, 0.29) is 11.5 Å². The summed E-state index contributed by atoms with van der Waals surface area (Å²) in [4.78, 5) is 28.8. The van der Waals surface area contributed by atoms with Crippen molar-refractivity contribution in [2.24, 2.45) is 13.0 Å². The summed E-state index contributed by atoms with van der Waals surface area (Å²) in [5, 5.41) is 4.31. The zero-order valence-electron chi connectivity index (χ0n) is 14.0. The largest absolute Gasteiger partial charge is 0.333 e. The minimum Gasteiger partial charge on any atom is -0.333 e. The summed E-state index contributed by atoms with van der Waals surface area (Å²) in [5.41, 5.74) is 3.05. The van der Waals surface area contributed by atoms with E-state index < -0.39 is 0 Å². The molecule has 0 spiro atoms. The summed E-state index contributed by atoms with van der Waals surface area (Å²) in [6.45, 7) is 3.42. The fourth-order valence-corrected chi connectivity index (χ4v) is 4.81. The van der Waals surface area contributed by atoms with Gasteiger partial charge >= 0.3 is 0 Å². The van der Waals surface area contributed by atoms with Crippen molar-refractivity contribution in [3.8, 4) is 0 Å². The van der Waals surface area contributed by atoms with Gasteiger partial charge in [-0.3, -0.25) is 9.59 Å². The third kappa shape index (κ3) is 2.69. The first-order chi connectivity index (χ1) is 11.5. The second-order valence-electron chi connectivity index (χ2n) is 6.96. The van der Waals surface area contributed by atoms with Crippen molar-refractivity contribution in [2.45, 2.75) is 39.2 Å². The quantitative estimate of drug-likeness (QED) is 0.797. The molecular formula is C18H21N3O2S. The third-order valence-electron chi connectivity index (χ3n) is 5.06. The molecule has 4 rings (SSSR count). The van der Waals surface area contributed by atoms with Crippen molar-refractivity contribution < 1.29 is 4.79 Å². The number of carbonyl (C=O) groups excluding carboxylic acids is 1. The molecule has 0 saturated carbocycles. The summed E-state index contributed by atoms with van der Waals surface area (Å²) in [7, 11) is 1.66. The number of nitrogens with zero attached hydrogens (tertiary/aromatic N) is 3. The molecule has 1 amide bonds. The molecule has 0 bridgehead atoms. The average molecular weight is 343 g/mol. The summed E-state index contributed by atoms with van der Waals surface area (Å²) in [6, 6.07) is 3.71. The summed E-state index contributed by atoms with van der Waals surface area (Å²) < 4.78 is 1.37. The van der Waals surface area contributed by atoms with Crippen LogP contribution >= 0.6 is 11.3 Å². The number of thiophene rings is 1. The molecule has 3 heterocycles. The lowest BCUT2D eigenvalue weighted by atomic mass is 9.90. The molecule has 5 nitrogen and oxygen atoms in total. The van der Waals surface area contributed by atoms with Gasteiger partial charge in [-0.15, -0.1) is 11.3 Å². The predicted molar refractivity (Wildman–Crippen MR) is 93.4 cm³/mol. The minimum absolute atomic E-state index is 0.0911. The standard InChI is InChI=1S/C18H21N3O2S/c1-11-3-4-15-12(7-11)8-16(24-15)18(23)21-6-5-14-13(10-21)9-17(22)20(2)19-14/h8-9,11H,3-7,10H2,1-2H3/t11-/m1/s1. The van der Waals surface area contributed by atoms with Crippen molar-refractivity contribution in [1.29, 1.82) is 0 Å². The van der Waals surface area contributed by atoms with Crippen LogP contribution in [-0.4, -0.2) is 27.1 Å². The molecular weight excluding hydrogens is 322 g/mol. The first-order valence-corrected chi connectivity index (χ1v) is 9.30. The monoisotopic (exact) mass is 343 g/mol. The zero-order valence-corrected chi connectivity index (χ0v) is 14.9. The minimum atomic E-state index is -0.122. The van der Waals surface area contributed by atoms with Gasteiger partial charge in [-0.05, 0) is 36.8 Å². The molecule has 24 heavy (non-hydrogen) atoms. The Kier molecular flexibility index (Phi) is 3.79. The predicted octanol–water partition coefficient (Wildman–Crippen LogP) is 2.17. The van der Waals surface area contributed by atoms with Gasteiger partial charge in [0.1, 0.15) is 0 Å². The Morgan fingerprint density at radius 3 is 2.96 bits per heavy atom. The van der Waals surface area contributed by atoms with Gasteiger partial charge in [-0.2, -0.15) is 5.10 Å². The maximum Gasteiger partial charge on any atom is 0.266 e. The van der Waals surface area contributed by atoms with E-state index in [4.69, 9.17) is 0 Å². The Hall–Kier alpha value is -1.95. The van der Waals surface area contributed by atoms with Crippen molar-refractivity contribution >= 4 is 17.2 Å². The number of hydrogen-bond acceptors (Lipinski definition) is 4. The van der Waals surface area contributed by atoms with Gasteiger partial charge in [0.05, 0.1) is 10.6 Å². The van der Waals surface area contributed by atoms with Crippen LogP contribution in [0.1, 0.15) is 44.7 Å². The van der Waals surface area contributed by atoms with Crippen LogP contribution in [0.4, 0.5) is 0 Å².